The Bertz CT molecular complexity index is 428. The first-order valence-electron chi connectivity index (χ1n) is 4.59. The zero-order chi connectivity index (χ0) is 12.3. The highest BCUT2D eigenvalue weighted by molar-refractivity contribution is 9.09. The van der Waals surface area contributed by atoms with Crippen LogP contribution in [0.5, 0.6) is 0 Å². The minimum Gasteiger partial charge on any atom is -0.478 e. The van der Waals surface area contributed by atoms with Gasteiger partial charge in [-0.3, -0.25) is 4.79 Å². The maximum absolute atomic E-state index is 11.2. The lowest BCUT2D eigenvalue weighted by Crippen LogP contribution is -2.11. The van der Waals surface area contributed by atoms with E-state index in [1.54, 1.807) is 12.1 Å². The molecule has 2 N–H and O–H groups in total. The largest absolute Gasteiger partial charge is 0.478 e. The summed E-state index contributed by atoms with van der Waals surface area (Å²) in [5.41, 5.74) is 0.657. The van der Waals surface area contributed by atoms with E-state index in [0.29, 0.717) is 11.1 Å². The van der Waals surface area contributed by atoms with Crippen molar-refractivity contribution in [2.45, 2.75) is 18.4 Å². The van der Waals surface area contributed by atoms with Crippen molar-refractivity contribution in [2.24, 2.45) is 0 Å². The van der Waals surface area contributed by atoms with E-state index in [2.05, 4.69) is 15.9 Å². The average molecular weight is 287 g/mol. The number of aliphatic hydroxyl groups is 1. The van der Waals surface area contributed by atoms with Gasteiger partial charge >= 0.3 is 5.97 Å². The molecule has 0 heterocycles. The first-order valence-corrected chi connectivity index (χ1v) is 5.51. The summed E-state index contributed by atoms with van der Waals surface area (Å²) in [7, 11) is 0. The normalized spacial score (nSPS) is 12.2. The molecule has 1 rings (SSSR count). The third-order valence-electron chi connectivity index (χ3n) is 2.20. The minimum absolute atomic E-state index is 0.0120. The Morgan fingerprint density at radius 2 is 2.06 bits per heavy atom. The number of carboxylic acids is 1. The molecule has 0 aromatic heterocycles. The molecule has 86 valence electrons. The molecule has 0 aliphatic carbocycles. The molecule has 1 unspecified atom stereocenters. The predicted octanol–water partition coefficient (Wildman–Crippen LogP) is 1.90. The number of halogens is 1. The van der Waals surface area contributed by atoms with Gasteiger partial charge in [0.25, 0.3) is 0 Å². The molecule has 0 aliphatic heterocycles. The van der Waals surface area contributed by atoms with Crippen LogP contribution in [0.2, 0.25) is 0 Å². The maximum atomic E-state index is 11.2. The minimum atomic E-state index is -1.15. The fourth-order valence-electron chi connectivity index (χ4n) is 1.44. The number of alkyl halides is 1. The molecular formula is C11H11BrO4. The number of carbonyl (C=O) groups excluding carboxylic acids is 1. The van der Waals surface area contributed by atoms with Crippen molar-refractivity contribution < 1.29 is 19.8 Å². The van der Waals surface area contributed by atoms with Gasteiger partial charge in [-0.2, -0.15) is 0 Å². The van der Waals surface area contributed by atoms with E-state index in [4.69, 9.17) is 10.2 Å². The summed E-state index contributed by atoms with van der Waals surface area (Å²) in [4.78, 5) is 21.6. The zero-order valence-electron chi connectivity index (χ0n) is 8.61. The van der Waals surface area contributed by atoms with Gasteiger partial charge in [-0.1, -0.05) is 34.1 Å². The number of carboxylic acid groups (broad SMARTS) is 1. The molecule has 0 spiro atoms. The number of ketones is 1. The van der Waals surface area contributed by atoms with E-state index in [1.165, 1.54) is 13.0 Å². The van der Waals surface area contributed by atoms with Gasteiger partial charge in [-0.05, 0) is 18.1 Å². The molecule has 1 aromatic carbocycles. The van der Waals surface area contributed by atoms with E-state index in [9.17, 15) is 9.59 Å². The summed E-state index contributed by atoms with van der Waals surface area (Å²) >= 11 is 3.14. The number of rotatable bonds is 4. The third-order valence-corrected chi connectivity index (χ3v) is 3.34. The predicted molar refractivity (Wildman–Crippen MR) is 61.7 cm³/mol. The summed E-state index contributed by atoms with van der Waals surface area (Å²) in [6.07, 6.45) is 0. The summed E-state index contributed by atoms with van der Waals surface area (Å²) in [5.74, 6) is -1.33. The van der Waals surface area contributed by atoms with Crippen LogP contribution in [0.15, 0.2) is 18.2 Å². The average Bonchev–Trinajstić information content (AvgIpc) is 2.26. The van der Waals surface area contributed by atoms with E-state index < -0.39 is 10.8 Å². The van der Waals surface area contributed by atoms with Crippen LogP contribution < -0.4 is 0 Å². The van der Waals surface area contributed by atoms with Crippen molar-refractivity contribution in [3.05, 3.63) is 34.9 Å². The highest BCUT2D eigenvalue weighted by Crippen LogP contribution is 2.29. The van der Waals surface area contributed by atoms with Crippen LogP contribution in [0.25, 0.3) is 0 Å². The smallest absolute Gasteiger partial charge is 0.336 e. The molecule has 1 aromatic rings. The van der Waals surface area contributed by atoms with Crippen LogP contribution in [0.4, 0.5) is 0 Å². The molecule has 0 bridgehead atoms. The van der Waals surface area contributed by atoms with Crippen molar-refractivity contribution in [2.75, 3.05) is 0 Å². The molecule has 0 saturated heterocycles. The molecule has 4 nitrogen and oxygen atoms in total. The number of carbonyl (C=O) groups is 2. The van der Waals surface area contributed by atoms with Gasteiger partial charge in [-0.15, -0.1) is 0 Å². The topological polar surface area (TPSA) is 74.6 Å². The molecule has 0 radical (unpaired) electrons. The van der Waals surface area contributed by atoms with Crippen LogP contribution in [-0.4, -0.2) is 22.0 Å². The van der Waals surface area contributed by atoms with Crippen LogP contribution in [0.1, 0.15) is 33.2 Å². The highest BCUT2D eigenvalue weighted by atomic mass is 79.9. The lowest BCUT2D eigenvalue weighted by molar-refractivity contribution is -0.116. The first kappa shape index (κ1) is 12.9. The van der Waals surface area contributed by atoms with E-state index >= 15 is 0 Å². The summed E-state index contributed by atoms with van der Waals surface area (Å²) in [6.45, 7) is 1.00. The maximum Gasteiger partial charge on any atom is 0.336 e. The fourth-order valence-corrected chi connectivity index (χ4v) is 1.82. The second-order valence-corrected chi connectivity index (χ2v) is 4.23. The Kier molecular flexibility index (Phi) is 4.20. The van der Waals surface area contributed by atoms with Crippen LogP contribution in [0, 0.1) is 0 Å². The van der Waals surface area contributed by atoms with Crippen molar-refractivity contribution >= 4 is 27.7 Å². The van der Waals surface area contributed by atoms with Gasteiger partial charge in [0.15, 0.2) is 0 Å². The van der Waals surface area contributed by atoms with Gasteiger partial charge in [0.1, 0.15) is 5.78 Å². The Labute approximate surface area is 101 Å². The molecule has 1 atom stereocenters. The number of benzene rings is 1. The van der Waals surface area contributed by atoms with Crippen molar-refractivity contribution in [1.29, 1.82) is 0 Å². The Morgan fingerprint density at radius 3 is 2.50 bits per heavy atom. The monoisotopic (exact) mass is 286 g/mol. The summed E-state index contributed by atoms with van der Waals surface area (Å²) in [5, 5.41) is 18.1. The van der Waals surface area contributed by atoms with Crippen molar-refractivity contribution in [3.63, 3.8) is 0 Å². The second kappa shape index (κ2) is 5.23. The van der Waals surface area contributed by atoms with Crippen molar-refractivity contribution in [1.82, 2.24) is 0 Å². The molecule has 0 aliphatic rings. The lowest BCUT2D eigenvalue weighted by atomic mass is 9.98. The number of hydrogen-bond donors (Lipinski definition) is 2. The molecular weight excluding hydrogens is 276 g/mol. The van der Waals surface area contributed by atoms with Crippen molar-refractivity contribution in [3.8, 4) is 0 Å². The summed E-state index contributed by atoms with van der Waals surface area (Å²) < 4.78 is 0. The zero-order valence-corrected chi connectivity index (χ0v) is 10.2. The lowest BCUT2D eigenvalue weighted by Gasteiger charge is -2.12. The van der Waals surface area contributed by atoms with Crippen LogP contribution in [-0.2, 0) is 11.4 Å². The quantitative estimate of drug-likeness (QED) is 0.829. The number of hydrogen-bond acceptors (Lipinski definition) is 3. The molecule has 5 heteroatoms. The molecule has 16 heavy (non-hydrogen) atoms. The number of aliphatic hydroxyl groups excluding tert-OH is 1. The first-order chi connectivity index (χ1) is 7.49. The van der Waals surface area contributed by atoms with Gasteiger partial charge in [0, 0.05) is 0 Å². The summed E-state index contributed by atoms with van der Waals surface area (Å²) in [6, 6.07) is 4.70. The second-order valence-electron chi connectivity index (χ2n) is 3.32. The highest BCUT2D eigenvalue weighted by Gasteiger charge is 2.22. The van der Waals surface area contributed by atoms with Crippen LogP contribution >= 0.6 is 15.9 Å². The molecule has 0 saturated carbocycles. The molecule has 0 fully saturated rings. The van der Waals surface area contributed by atoms with Gasteiger partial charge in [-0.25, -0.2) is 4.79 Å². The van der Waals surface area contributed by atoms with Gasteiger partial charge in [0.2, 0.25) is 0 Å². The Hall–Kier alpha value is -1.20. The number of aromatic carboxylic acids is 1. The Balaban J connectivity index is 3.38. The Morgan fingerprint density at radius 1 is 1.44 bits per heavy atom. The van der Waals surface area contributed by atoms with Gasteiger partial charge in [0.05, 0.1) is 17.0 Å². The van der Waals surface area contributed by atoms with E-state index in [-0.39, 0.29) is 18.0 Å². The fraction of sp³-hybridized carbons (Fsp3) is 0.273. The SMILES string of the molecule is CC(=O)C(Br)c1cccc(CO)c1C(=O)O. The van der Waals surface area contributed by atoms with Crippen LogP contribution in [0.3, 0.4) is 0 Å². The standard InChI is InChI=1S/C11H11BrO4/c1-6(14)10(12)8-4-2-3-7(5-13)9(8)11(15)16/h2-4,10,13H,5H2,1H3,(H,15,16). The van der Waals surface area contributed by atoms with E-state index in [1.807, 2.05) is 0 Å². The molecule has 0 amide bonds. The third kappa shape index (κ3) is 2.48. The van der Waals surface area contributed by atoms with E-state index in [0.717, 1.165) is 0 Å². The number of Topliss-reactive ketones (excluding diaryl/α,β-unsaturated/α-hetero) is 1. The van der Waals surface area contributed by atoms with Gasteiger partial charge < -0.3 is 10.2 Å².